The van der Waals surface area contributed by atoms with Gasteiger partial charge < -0.3 is 15.5 Å². The molecular formula is C18H19F2N3O2. The van der Waals surface area contributed by atoms with Gasteiger partial charge in [-0.25, -0.2) is 8.78 Å². The molecule has 2 N–H and O–H groups in total. The van der Waals surface area contributed by atoms with Crippen LogP contribution >= 0.6 is 0 Å². The van der Waals surface area contributed by atoms with Crippen molar-refractivity contribution < 1.29 is 18.4 Å². The van der Waals surface area contributed by atoms with Crippen molar-refractivity contribution in [2.45, 2.75) is 0 Å². The molecule has 0 unspecified atom stereocenters. The Hall–Kier alpha value is -2.80. The van der Waals surface area contributed by atoms with Crippen LogP contribution in [-0.4, -0.2) is 43.9 Å². The largest absolute Gasteiger partial charge is 0.351 e. The van der Waals surface area contributed by atoms with Crippen LogP contribution in [0.3, 0.4) is 0 Å². The van der Waals surface area contributed by atoms with Gasteiger partial charge in [0.2, 0.25) is 0 Å². The molecule has 7 heteroatoms. The number of nitrogens with one attached hydrogen (secondary N) is 2. The second kappa shape index (κ2) is 8.34. The quantitative estimate of drug-likeness (QED) is 0.844. The van der Waals surface area contributed by atoms with E-state index >= 15 is 0 Å². The van der Waals surface area contributed by atoms with Crippen molar-refractivity contribution in [3.63, 3.8) is 0 Å². The monoisotopic (exact) mass is 347 g/mol. The molecule has 0 atom stereocenters. The molecule has 0 aliphatic heterocycles. The lowest BCUT2D eigenvalue weighted by molar-refractivity contribution is 0.0951. The van der Waals surface area contributed by atoms with Crippen LogP contribution < -0.4 is 10.6 Å². The Labute approximate surface area is 144 Å². The molecule has 0 heterocycles. The Morgan fingerprint density at radius 2 is 1.64 bits per heavy atom. The van der Waals surface area contributed by atoms with Crippen molar-refractivity contribution in [1.82, 2.24) is 10.2 Å². The molecule has 2 rings (SSSR count). The second-order valence-electron chi connectivity index (χ2n) is 5.72. The minimum Gasteiger partial charge on any atom is -0.351 e. The third kappa shape index (κ3) is 5.36. The van der Waals surface area contributed by atoms with Crippen molar-refractivity contribution in [3.05, 3.63) is 65.2 Å². The van der Waals surface area contributed by atoms with Gasteiger partial charge in [-0.2, -0.15) is 0 Å². The maximum atomic E-state index is 13.2. The van der Waals surface area contributed by atoms with Crippen LogP contribution in [0.5, 0.6) is 0 Å². The Balaban J connectivity index is 2.05. The zero-order valence-corrected chi connectivity index (χ0v) is 14.0. The molecule has 25 heavy (non-hydrogen) atoms. The van der Waals surface area contributed by atoms with E-state index in [4.69, 9.17) is 0 Å². The number of benzene rings is 2. The highest BCUT2D eigenvalue weighted by Crippen LogP contribution is 2.15. The molecular weight excluding hydrogens is 328 g/mol. The number of hydrogen-bond donors (Lipinski definition) is 2. The van der Waals surface area contributed by atoms with Gasteiger partial charge in [-0.1, -0.05) is 6.07 Å². The average molecular weight is 347 g/mol. The number of halogens is 2. The molecule has 0 bridgehead atoms. The lowest BCUT2D eigenvalue weighted by atomic mass is 10.1. The SMILES string of the molecule is CN(C)CCNC(=O)c1cccc(C(=O)Nc2ccc(F)c(F)c2)c1. The van der Waals surface area contributed by atoms with Crippen molar-refractivity contribution in [3.8, 4) is 0 Å². The van der Waals surface area contributed by atoms with Crippen molar-refractivity contribution in [2.24, 2.45) is 0 Å². The van der Waals surface area contributed by atoms with Crippen LogP contribution in [0.15, 0.2) is 42.5 Å². The van der Waals surface area contributed by atoms with Crippen molar-refractivity contribution in [1.29, 1.82) is 0 Å². The van der Waals surface area contributed by atoms with Gasteiger partial charge in [-0.05, 0) is 44.4 Å². The minimum absolute atomic E-state index is 0.129. The smallest absolute Gasteiger partial charge is 0.255 e. The summed E-state index contributed by atoms with van der Waals surface area (Å²) in [7, 11) is 3.80. The number of anilines is 1. The topological polar surface area (TPSA) is 61.4 Å². The highest BCUT2D eigenvalue weighted by atomic mass is 19.2. The van der Waals surface area contributed by atoms with Gasteiger partial charge in [-0.15, -0.1) is 0 Å². The second-order valence-corrected chi connectivity index (χ2v) is 5.72. The Morgan fingerprint density at radius 1 is 0.960 bits per heavy atom. The van der Waals surface area contributed by atoms with E-state index in [0.29, 0.717) is 18.7 Å². The lowest BCUT2D eigenvalue weighted by Gasteiger charge is -2.11. The van der Waals surface area contributed by atoms with Crippen molar-refractivity contribution >= 4 is 17.5 Å². The van der Waals surface area contributed by atoms with E-state index < -0.39 is 17.5 Å². The van der Waals surface area contributed by atoms with E-state index in [1.807, 2.05) is 19.0 Å². The molecule has 2 aromatic carbocycles. The maximum Gasteiger partial charge on any atom is 0.255 e. The summed E-state index contributed by atoms with van der Waals surface area (Å²) in [6.45, 7) is 1.18. The van der Waals surface area contributed by atoms with E-state index in [-0.39, 0.29) is 17.2 Å². The summed E-state index contributed by atoms with van der Waals surface area (Å²) in [6.07, 6.45) is 0. The fraction of sp³-hybridized carbons (Fsp3) is 0.222. The first kappa shape index (κ1) is 18.5. The summed E-state index contributed by atoms with van der Waals surface area (Å²) in [5, 5.41) is 5.22. The Kier molecular flexibility index (Phi) is 6.19. The first-order valence-corrected chi connectivity index (χ1v) is 7.66. The fourth-order valence-corrected chi connectivity index (χ4v) is 2.07. The molecule has 5 nitrogen and oxygen atoms in total. The first-order valence-electron chi connectivity index (χ1n) is 7.66. The van der Waals surface area contributed by atoms with Gasteiger partial charge in [0.15, 0.2) is 11.6 Å². The summed E-state index contributed by atoms with van der Waals surface area (Å²) in [6, 6.07) is 9.24. The van der Waals surface area contributed by atoms with E-state index in [0.717, 1.165) is 12.1 Å². The van der Waals surface area contributed by atoms with E-state index in [9.17, 15) is 18.4 Å². The van der Waals surface area contributed by atoms with Crippen LogP contribution in [0, 0.1) is 11.6 Å². The predicted octanol–water partition coefficient (Wildman–Crippen LogP) is 2.51. The van der Waals surface area contributed by atoms with Gasteiger partial charge in [0, 0.05) is 36.0 Å². The summed E-state index contributed by atoms with van der Waals surface area (Å²) < 4.78 is 26.1. The van der Waals surface area contributed by atoms with Crippen LogP contribution in [0.25, 0.3) is 0 Å². The molecule has 0 aliphatic carbocycles. The van der Waals surface area contributed by atoms with E-state index in [2.05, 4.69) is 10.6 Å². The molecule has 2 aromatic rings. The summed E-state index contributed by atoms with van der Waals surface area (Å²) in [5.74, 6) is -2.85. The van der Waals surface area contributed by atoms with Crippen molar-refractivity contribution in [2.75, 3.05) is 32.5 Å². The molecule has 132 valence electrons. The normalized spacial score (nSPS) is 10.6. The molecule has 0 spiro atoms. The number of nitrogens with zero attached hydrogens (tertiary/aromatic N) is 1. The average Bonchev–Trinajstić information content (AvgIpc) is 2.58. The van der Waals surface area contributed by atoms with Gasteiger partial charge in [0.25, 0.3) is 11.8 Å². The van der Waals surface area contributed by atoms with Crippen LogP contribution in [0.2, 0.25) is 0 Å². The lowest BCUT2D eigenvalue weighted by Crippen LogP contribution is -2.31. The molecule has 0 aromatic heterocycles. The van der Waals surface area contributed by atoms with Crippen LogP contribution in [0.1, 0.15) is 20.7 Å². The molecule has 0 aliphatic rings. The summed E-state index contributed by atoms with van der Waals surface area (Å²) in [5.41, 5.74) is 0.714. The Bertz CT molecular complexity index is 779. The summed E-state index contributed by atoms with van der Waals surface area (Å²) >= 11 is 0. The van der Waals surface area contributed by atoms with Gasteiger partial charge in [0.1, 0.15) is 0 Å². The van der Waals surface area contributed by atoms with E-state index in [1.165, 1.54) is 18.2 Å². The fourth-order valence-electron chi connectivity index (χ4n) is 2.07. The van der Waals surface area contributed by atoms with Gasteiger partial charge >= 0.3 is 0 Å². The molecule has 0 fully saturated rings. The highest BCUT2D eigenvalue weighted by molar-refractivity contribution is 6.06. The zero-order chi connectivity index (χ0) is 18.4. The summed E-state index contributed by atoms with van der Waals surface area (Å²) in [4.78, 5) is 26.2. The zero-order valence-electron chi connectivity index (χ0n) is 14.0. The number of amides is 2. The number of rotatable bonds is 6. The molecule has 0 radical (unpaired) electrons. The van der Waals surface area contributed by atoms with Gasteiger partial charge in [0.05, 0.1) is 0 Å². The number of carbonyl (C=O) groups is 2. The van der Waals surface area contributed by atoms with Gasteiger partial charge in [-0.3, -0.25) is 9.59 Å². The number of likely N-dealkylation sites (N-methyl/N-ethyl adjacent to an activating group) is 1. The van der Waals surface area contributed by atoms with Crippen LogP contribution in [-0.2, 0) is 0 Å². The first-order chi connectivity index (χ1) is 11.9. The molecule has 2 amide bonds. The predicted molar refractivity (Wildman–Crippen MR) is 91.6 cm³/mol. The Morgan fingerprint density at radius 3 is 2.28 bits per heavy atom. The van der Waals surface area contributed by atoms with Crippen LogP contribution in [0.4, 0.5) is 14.5 Å². The molecule has 0 saturated heterocycles. The number of hydrogen-bond acceptors (Lipinski definition) is 3. The standard InChI is InChI=1S/C18H19F2N3O2/c1-23(2)9-8-21-17(24)12-4-3-5-13(10-12)18(25)22-14-6-7-15(19)16(20)11-14/h3-7,10-11H,8-9H2,1-2H3,(H,21,24)(H,22,25). The third-order valence-electron chi connectivity index (χ3n) is 3.41. The van der Waals surface area contributed by atoms with E-state index in [1.54, 1.807) is 12.1 Å². The minimum atomic E-state index is -1.05. The number of carbonyl (C=O) groups excluding carboxylic acids is 2. The maximum absolute atomic E-state index is 13.2. The third-order valence-corrected chi connectivity index (χ3v) is 3.41. The molecule has 0 saturated carbocycles. The highest BCUT2D eigenvalue weighted by Gasteiger charge is 2.12.